The Hall–Kier alpha value is -0.830. The molecule has 0 saturated carbocycles. The molecular weight excluding hydrogens is 405 g/mol. The van der Waals surface area contributed by atoms with Crippen LogP contribution in [-0.2, 0) is 14.6 Å². The van der Waals surface area contributed by atoms with E-state index in [4.69, 9.17) is 4.74 Å². The average molecular weight is 423 g/mol. The Balaban J connectivity index is 2.24. The van der Waals surface area contributed by atoms with Crippen LogP contribution >= 0.6 is 22.6 Å². The van der Waals surface area contributed by atoms with Gasteiger partial charge in [-0.05, 0) is 54.1 Å². The molecule has 5 nitrogen and oxygen atoms in total. The highest BCUT2D eigenvalue weighted by atomic mass is 127. The molecule has 21 heavy (non-hydrogen) atoms. The predicted molar refractivity (Wildman–Crippen MR) is 90.5 cm³/mol. The first-order valence-corrected chi connectivity index (χ1v) is 9.72. The van der Waals surface area contributed by atoms with Crippen molar-refractivity contribution in [1.29, 1.82) is 0 Å². The molecule has 1 aliphatic rings. The Morgan fingerprint density at radius 2 is 2.05 bits per heavy atom. The molecule has 116 valence electrons. The predicted octanol–water partition coefficient (Wildman–Crippen LogP) is 2.23. The number of ether oxygens (including phenoxy) is 1. The molecule has 0 fully saturated rings. The first-order chi connectivity index (χ1) is 9.84. The van der Waals surface area contributed by atoms with Gasteiger partial charge >= 0.3 is 0 Å². The molecule has 1 atom stereocenters. The Morgan fingerprint density at radius 1 is 1.33 bits per heavy atom. The van der Waals surface area contributed by atoms with Crippen molar-refractivity contribution in [3.63, 3.8) is 0 Å². The van der Waals surface area contributed by atoms with Gasteiger partial charge in [0.25, 0.3) is 5.91 Å². The molecule has 0 bridgehead atoms. The van der Waals surface area contributed by atoms with Crippen molar-refractivity contribution in [2.45, 2.75) is 26.4 Å². The Morgan fingerprint density at radius 3 is 2.71 bits per heavy atom. The number of nitrogens with zero attached hydrogens (tertiary/aromatic N) is 1. The maximum Gasteiger partial charge on any atom is 0.267 e. The third kappa shape index (κ3) is 3.88. The monoisotopic (exact) mass is 423 g/mol. The fraction of sp³-hybridized carbons (Fsp3) is 0.500. The minimum Gasteiger partial charge on any atom is -0.479 e. The van der Waals surface area contributed by atoms with Crippen LogP contribution in [-0.4, -0.2) is 38.5 Å². The van der Waals surface area contributed by atoms with Crippen LogP contribution in [0.4, 0.5) is 5.69 Å². The van der Waals surface area contributed by atoms with Crippen LogP contribution in [0, 0.1) is 3.57 Å². The first kappa shape index (κ1) is 16.5. The summed E-state index contributed by atoms with van der Waals surface area (Å²) in [5.41, 5.74) is 0.644. The SMILES string of the molecule is CCCS(=O)(=O)CCN1C(=O)C(C)Oc2cc(I)ccc21. The quantitative estimate of drug-likeness (QED) is 0.682. The number of rotatable bonds is 5. The van der Waals surface area contributed by atoms with Crippen molar-refractivity contribution in [3.05, 3.63) is 21.8 Å². The average Bonchev–Trinajstić information content (AvgIpc) is 2.39. The largest absolute Gasteiger partial charge is 0.479 e. The summed E-state index contributed by atoms with van der Waals surface area (Å²) in [5.74, 6) is 0.558. The molecule has 1 heterocycles. The standard InChI is InChI=1S/C14H18INO4S/c1-3-7-21(18,19)8-6-16-12-5-4-11(15)9-13(12)20-10(2)14(16)17/h4-5,9-10H,3,6-8H2,1-2H3. The summed E-state index contributed by atoms with van der Waals surface area (Å²) in [6, 6.07) is 5.53. The summed E-state index contributed by atoms with van der Waals surface area (Å²) in [6.07, 6.45) is -0.00511. The van der Waals surface area contributed by atoms with E-state index >= 15 is 0 Å². The zero-order valence-electron chi connectivity index (χ0n) is 12.0. The van der Waals surface area contributed by atoms with Crippen molar-refractivity contribution < 1.29 is 17.9 Å². The van der Waals surface area contributed by atoms with Gasteiger partial charge in [0.1, 0.15) is 5.75 Å². The van der Waals surface area contributed by atoms with Gasteiger partial charge in [-0.25, -0.2) is 8.42 Å². The highest BCUT2D eigenvalue weighted by Crippen LogP contribution is 2.35. The van der Waals surface area contributed by atoms with E-state index in [1.165, 1.54) is 4.90 Å². The van der Waals surface area contributed by atoms with E-state index in [1.807, 2.05) is 19.1 Å². The molecule has 1 aromatic carbocycles. The maximum atomic E-state index is 12.3. The fourth-order valence-corrected chi connectivity index (χ4v) is 4.01. The van der Waals surface area contributed by atoms with E-state index in [1.54, 1.807) is 13.0 Å². The maximum absolute atomic E-state index is 12.3. The smallest absolute Gasteiger partial charge is 0.267 e. The number of hydrogen-bond donors (Lipinski definition) is 0. The molecule has 1 aliphatic heterocycles. The molecule has 0 aromatic heterocycles. The third-order valence-electron chi connectivity index (χ3n) is 3.27. The lowest BCUT2D eigenvalue weighted by atomic mass is 10.2. The van der Waals surface area contributed by atoms with E-state index in [-0.39, 0.29) is 24.0 Å². The Kier molecular flexibility index (Phi) is 5.13. The third-order valence-corrected chi connectivity index (χ3v) is 5.78. The normalized spacial score (nSPS) is 18.3. The molecule has 7 heteroatoms. The number of amides is 1. The summed E-state index contributed by atoms with van der Waals surface area (Å²) in [6.45, 7) is 3.68. The molecule has 0 spiro atoms. The van der Waals surface area contributed by atoms with Crippen molar-refractivity contribution in [2.24, 2.45) is 0 Å². The number of halogens is 1. The first-order valence-electron chi connectivity index (χ1n) is 6.82. The second kappa shape index (κ2) is 6.51. The number of benzene rings is 1. The van der Waals surface area contributed by atoms with Crippen LogP contribution < -0.4 is 9.64 Å². The summed E-state index contributed by atoms with van der Waals surface area (Å²) < 4.78 is 30.3. The van der Waals surface area contributed by atoms with Crippen LogP contribution in [0.25, 0.3) is 0 Å². The van der Waals surface area contributed by atoms with Gasteiger partial charge in [-0.1, -0.05) is 6.92 Å². The van der Waals surface area contributed by atoms with Gasteiger partial charge in [-0.3, -0.25) is 4.79 Å². The fourth-order valence-electron chi connectivity index (χ4n) is 2.26. The molecule has 0 saturated heterocycles. The van der Waals surface area contributed by atoms with E-state index in [0.717, 1.165) is 3.57 Å². The second-order valence-corrected chi connectivity index (χ2v) is 8.56. The lowest BCUT2D eigenvalue weighted by molar-refractivity contribution is -0.125. The van der Waals surface area contributed by atoms with Gasteiger partial charge in [-0.2, -0.15) is 0 Å². The summed E-state index contributed by atoms with van der Waals surface area (Å²) >= 11 is 2.17. The number of sulfone groups is 1. The van der Waals surface area contributed by atoms with Gasteiger partial charge in [0, 0.05) is 15.9 Å². The van der Waals surface area contributed by atoms with Crippen LogP contribution in [0.2, 0.25) is 0 Å². The lowest BCUT2D eigenvalue weighted by Crippen LogP contribution is -2.46. The zero-order valence-corrected chi connectivity index (χ0v) is 15.0. The van der Waals surface area contributed by atoms with E-state index in [9.17, 15) is 13.2 Å². The van der Waals surface area contributed by atoms with Crippen molar-refractivity contribution in [3.8, 4) is 5.75 Å². The van der Waals surface area contributed by atoms with E-state index < -0.39 is 15.9 Å². The van der Waals surface area contributed by atoms with Gasteiger partial charge in [0.2, 0.25) is 0 Å². The van der Waals surface area contributed by atoms with Crippen LogP contribution in [0.15, 0.2) is 18.2 Å². The number of carbonyl (C=O) groups is 1. The number of fused-ring (bicyclic) bond motifs is 1. The van der Waals surface area contributed by atoms with Crippen molar-refractivity contribution >= 4 is 44.0 Å². The Labute approximate surface area is 138 Å². The Bertz CT molecular complexity index is 644. The molecular formula is C14H18INO4S. The van der Waals surface area contributed by atoms with Gasteiger partial charge in [-0.15, -0.1) is 0 Å². The van der Waals surface area contributed by atoms with Crippen LogP contribution in [0.3, 0.4) is 0 Å². The molecule has 0 radical (unpaired) electrons. The van der Waals surface area contributed by atoms with Gasteiger partial charge in [0.15, 0.2) is 15.9 Å². The van der Waals surface area contributed by atoms with Crippen molar-refractivity contribution in [2.75, 3.05) is 23.0 Å². The highest BCUT2D eigenvalue weighted by Gasteiger charge is 2.32. The zero-order chi connectivity index (χ0) is 15.6. The molecule has 0 aliphatic carbocycles. The number of anilines is 1. The molecule has 1 amide bonds. The number of hydrogen-bond acceptors (Lipinski definition) is 4. The lowest BCUT2D eigenvalue weighted by Gasteiger charge is -2.33. The molecule has 1 aromatic rings. The van der Waals surface area contributed by atoms with E-state index in [0.29, 0.717) is 17.9 Å². The molecule has 2 rings (SSSR count). The number of carbonyl (C=O) groups excluding carboxylic acids is 1. The topological polar surface area (TPSA) is 63.7 Å². The van der Waals surface area contributed by atoms with Gasteiger partial charge in [0.05, 0.1) is 11.4 Å². The molecule has 1 unspecified atom stereocenters. The highest BCUT2D eigenvalue weighted by molar-refractivity contribution is 14.1. The van der Waals surface area contributed by atoms with Crippen molar-refractivity contribution in [1.82, 2.24) is 0 Å². The minimum absolute atomic E-state index is 0.0231. The van der Waals surface area contributed by atoms with Gasteiger partial charge < -0.3 is 9.64 Å². The summed E-state index contributed by atoms with van der Waals surface area (Å²) in [5, 5.41) is 0. The second-order valence-electron chi connectivity index (χ2n) is 5.01. The summed E-state index contributed by atoms with van der Waals surface area (Å²) in [7, 11) is -3.12. The van der Waals surface area contributed by atoms with Crippen LogP contribution in [0.1, 0.15) is 20.3 Å². The molecule has 0 N–H and O–H groups in total. The van der Waals surface area contributed by atoms with E-state index in [2.05, 4.69) is 22.6 Å². The van der Waals surface area contributed by atoms with Crippen LogP contribution in [0.5, 0.6) is 5.75 Å². The minimum atomic E-state index is -3.12. The summed E-state index contributed by atoms with van der Waals surface area (Å²) in [4.78, 5) is 13.8.